The number of nitrogens with two attached hydrogens (primary N) is 1. The fraction of sp³-hybridized carbons (Fsp3) is 0.429. The molecule has 7 nitrogen and oxygen atoms in total. The van der Waals surface area contributed by atoms with Gasteiger partial charge in [-0.1, -0.05) is 6.92 Å². The van der Waals surface area contributed by atoms with Crippen LogP contribution in [0.3, 0.4) is 0 Å². The maximum Gasteiger partial charge on any atom is 0.253 e. The number of hydrogen-bond acceptors (Lipinski definition) is 5. The molecule has 0 saturated carbocycles. The molecule has 0 aliphatic heterocycles. The third-order valence-electron chi connectivity index (χ3n) is 2.78. The molecule has 1 rings (SSSR count). The van der Waals surface area contributed by atoms with Crippen LogP contribution < -0.4 is 25.8 Å². The van der Waals surface area contributed by atoms with Crippen LogP contribution in [0.15, 0.2) is 12.1 Å². The molecular weight excluding hydrogens is 274 g/mol. The molecule has 0 heterocycles. The molecule has 0 fully saturated rings. The highest BCUT2D eigenvalue weighted by Gasteiger charge is 2.15. The zero-order chi connectivity index (χ0) is 15.8. The number of ether oxygens (including phenoxy) is 2. The van der Waals surface area contributed by atoms with Gasteiger partial charge in [0, 0.05) is 18.3 Å². The van der Waals surface area contributed by atoms with E-state index in [4.69, 9.17) is 15.2 Å². The van der Waals surface area contributed by atoms with Gasteiger partial charge in [0.15, 0.2) is 11.5 Å². The third-order valence-corrected chi connectivity index (χ3v) is 2.78. The van der Waals surface area contributed by atoms with Crippen molar-refractivity contribution in [2.75, 3.05) is 33.0 Å². The molecule has 0 aliphatic carbocycles. The van der Waals surface area contributed by atoms with Gasteiger partial charge in [-0.25, -0.2) is 0 Å². The topological polar surface area (TPSA) is 103 Å². The lowest BCUT2D eigenvalue weighted by atomic mass is 10.1. The fourth-order valence-corrected chi connectivity index (χ4v) is 1.67. The van der Waals surface area contributed by atoms with Crippen molar-refractivity contribution >= 4 is 17.5 Å². The van der Waals surface area contributed by atoms with Crippen LogP contribution in [0.4, 0.5) is 5.69 Å². The van der Waals surface area contributed by atoms with Crippen LogP contribution in [0.5, 0.6) is 11.5 Å². The van der Waals surface area contributed by atoms with Gasteiger partial charge in [0.25, 0.3) is 5.91 Å². The number of benzene rings is 1. The van der Waals surface area contributed by atoms with E-state index in [0.717, 1.165) is 6.42 Å². The van der Waals surface area contributed by atoms with Crippen LogP contribution in [-0.2, 0) is 4.79 Å². The third kappa shape index (κ3) is 4.55. The van der Waals surface area contributed by atoms with Gasteiger partial charge < -0.3 is 25.8 Å². The molecule has 0 spiro atoms. The van der Waals surface area contributed by atoms with Gasteiger partial charge in [-0.05, 0) is 12.5 Å². The molecule has 0 bridgehead atoms. The van der Waals surface area contributed by atoms with E-state index in [9.17, 15) is 9.59 Å². The van der Waals surface area contributed by atoms with E-state index in [1.165, 1.54) is 26.4 Å². The second kappa shape index (κ2) is 7.98. The van der Waals surface area contributed by atoms with Crippen molar-refractivity contribution in [3.05, 3.63) is 17.7 Å². The van der Waals surface area contributed by atoms with E-state index in [2.05, 4.69) is 10.6 Å². The largest absolute Gasteiger partial charge is 0.493 e. The number of nitrogen functional groups attached to an aromatic ring is 1. The summed E-state index contributed by atoms with van der Waals surface area (Å²) in [5, 5.41) is 5.17. The normalized spacial score (nSPS) is 9.86. The number of amides is 2. The predicted octanol–water partition coefficient (Wildman–Crippen LogP) is 0.542. The van der Waals surface area contributed by atoms with E-state index in [1.807, 2.05) is 6.92 Å². The van der Waals surface area contributed by atoms with Crippen molar-refractivity contribution in [1.29, 1.82) is 0 Å². The SMILES string of the molecule is CCCNC(=O)CNC(=O)c1cc(OC)c(OC)cc1N. The Morgan fingerprint density at radius 1 is 1.14 bits per heavy atom. The van der Waals surface area contributed by atoms with E-state index in [-0.39, 0.29) is 23.7 Å². The minimum Gasteiger partial charge on any atom is -0.493 e. The van der Waals surface area contributed by atoms with E-state index < -0.39 is 5.91 Å². The summed E-state index contributed by atoms with van der Waals surface area (Å²) < 4.78 is 10.2. The summed E-state index contributed by atoms with van der Waals surface area (Å²) in [7, 11) is 2.95. The maximum atomic E-state index is 12.0. The Hall–Kier alpha value is -2.44. The van der Waals surface area contributed by atoms with Crippen LogP contribution in [0.1, 0.15) is 23.7 Å². The average Bonchev–Trinajstić information content (AvgIpc) is 2.49. The van der Waals surface area contributed by atoms with Crippen molar-refractivity contribution in [3.63, 3.8) is 0 Å². The number of rotatable bonds is 7. The van der Waals surface area contributed by atoms with Crippen LogP contribution in [0.2, 0.25) is 0 Å². The van der Waals surface area contributed by atoms with Crippen molar-refractivity contribution < 1.29 is 19.1 Å². The molecule has 21 heavy (non-hydrogen) atoms. The zero-order valence-electron chi connectivity index (χ0n) is 12.5. The Labute approximate surface area is 123 Å². The molecule has 0 atom stereocenters. The summed E-state index contributed by atoms with van der Waals surface area (Å²) in [6.07, 6.45) is 0.836. The monoisotopic (exact) mass is 295 g/mol. The first kappa shape index (κ1) is 16.6. The number of carbonyl (C=O) groups is 2. The molecule has 1 aromatic carbocycles. The van der Waals surface area contributed by atoms with Gasteiger partial charge in [0.2, 0.25) is 5.91 Å². The van der Waals surface area contributed by atoms with Crippen molar-refractivity contribution in [3.8, 4) is 11.5 Å². The average molecular weight is 295 g/mol. The maximum absolute atomic E-state index is 12.0. The first-order chi connectivity index (χ1) is 10.0. The summed E-state index contributed by atoms with van der Waals surface area (Å²) in [4.78, 5) is 23.5. The minimum atomic E-state index is -0.444. The Balaban J connectivity index is 2.76. The minimum absolute atomic E-state index is 0.105. The molecule has 4 N–H and O–H groups in total. The second-order valence-electron chi connectivity index (χ2n) is 4.33. The molecule has 0 aliphatic rings. The van der Waals surface area contributed by atoms with Gasteiger partial charge >= 0.3 is 0 Å². The Morgan fingerprint density at radius 2 is 1.76 bits per heavy atom. The van der Waals surface area contributed by atoms with Gasteiger partial charge in [0.05, 0.1) is 26.3 Å². The summed E-state index contributed by atoms with van der Waals surface area (Å²) in [5.41, 5.74) is 6.29. The molecule has 7 heteroatoms. The molecule has 116 valence electrons. The summed E-state index contributed by atoms with van der Waals surface area (Å²) in [6, 6.07) is 2.98. The highest BCUT2D eigenvalue weighted by molar-refractivity contribution is 6.01. The predicted molar refractivity (Wildman–Crippen MR) is 79.6 cm³/mol. The van der Waals surface area contributed by atoms with Crippen LogP contribution in [0.25, 0.3) is 0 Å². The van der Waals surface area contributed by atoms with Crippen LogP contribution in [-0.4, -0.2) is 39.1 Å². The van der Waals surface area contributed by atoms with Crippen molar-refractivity contribution in [1.82, 2.24) is 10.6 Å². The first-order valence-electron chi connectivity index (χ1n) is 6.59. The number of hydrogen-bond donors (Lipinski definition) is 3. The van der Waals surface area contributed by atoms with Gasteiger partial charge in [0.1, 0.15) is 0 Å². The number of carbonyl (C=O) groups excluding carboxylic acids is 2. The summed E-state index contributed by atoms with van der Waals surface area (Å²) >= 11 is 0. The number of methoxy groups -OCH3 is 2. The van der Waals surface area contributed by atoms with Crippen LogP contribution in [0, 0.1) is 0 Å². The molecule has 1 aromatic rings. The van der Waals surface area contributed by atoms with E-state index >= 15 is 0 Å². The highest BCUT2D eigenvalue weighted by atomic mass is 16.5. The molecule has 0 radical (unpaired) electrons. The lowest BCUT2D eigenvalue weighted by Gasteiger charge is -2.12. The summed E-state index contributed by atoms with van der Waals surface area (Å²) in [6.45, 7) is 2.42. The highest BCUT2D eigenvalue weighted by Crippen LogP contribution is 2.31. The lowest BCUT2D eigenvalue weighted by molar-refractivity contribution is -0.120. The molecule has 0 saturated heterocycles. The Kier molecular flexibility index (Phi) is 6.32. The van der Waals surface area contributed by atoms with Crippen molar-refractivity contribution in [2.24, 2.45) is 0 Å². The summed E-state index contributed by atoms with van der Waals surface area (Å²) in [5.74, 6) is 0.142. The Bertz CT molecular complexity index is 517. The number of nitrogens with one attached hydrogen (secondary N) is 2. The van der Waals surface area contributed by atoms with Crippen LogP contribution >= 0.6 is 0 Å². The first-order valence-corrected chi connectivity index (χ1v) is 6.59. The van der Waals surface area contributed by atoms with Gasteiger partial charge in [-0.2, -0.15) is 0 Å². The zero-order valence-corrected chi connectivity index (χ0v) is 12.5. The lowest BCUT2D eigenvalue weighted by Crippen LogP contribution is -2.37. The molecular formula is C14H21N3O4. The molecule has 0 unspecified atom stereocenters. The Morgan fingerprint density at radius 3 is 2.33 bits per heavy atom. The second-order valence-corrected chi connectivity index (χ2v) is 4.33. The fourth-order valence-electron chi connectivity index (χ4n) is 1.67. The van der Waals surface area contributed by atoms with E-state index in [1.54, 1.807) is 0 Å². The van der Waals surface area contributed by atoms with Gasteiger partial charge in [-0.15, -0.1) is 0 Å². The van der Waals surface area contributed by atoms with Gasteiger partial charge in [-0.3, -0.25) is 9.59 Å². The quantitative estimate of drug-likeness (QED) is 0.637. The van der Waals surface area contributed by atoms with Crippen molar-refractivity contribution in [2.45, 2.75) is 13.3 Å². The van der Waals surface area contributed by atoms with E-state index in [0.29, 0.717) is 18.0 Å². The smallest absolute Gasteiger partial charge is 0.253 e. The number of anilines is 1. The molecule has 2 amide bonds. The molecule has 0 aromatic heterocycles. The standard InChI is InChI=1S/C14H21N3O4/c1-4-5-16-13(18)8-17-14(19)9-6-11(20-2)12(21-3)7-10(9)15/h6-7H,4-5,8,15H2,1-3H3,(H,16,18)(H,17,19).